The number of aliphatic hydroxyl groups is 1. The van der Waals surface area contributed by atoms with Crippen LogP contribution in [-0.4, -0.2) is 44.7 Å². The zero-order chi connectivity index (χ0) is 15.0. The Balaban J connectivity index is 1.75. The van der Waals surface area contributed by atoms with Gasteiger partial charge in [-0.1, -0.05) is 0 Å². The van der Waals surface area contributed by atoms with E-state index in [1.165, 1.54) is 22.2 Å². The van der Waals surface area contributed by atoms with Crippen LogP contribution in [0.15, 0.2) is 22.6 Å². The number of nitrogens with zero attached hydrogens (tertiary/aromatic N) is 3. The Morgan fingerprint density at radius 1 is 1.62 bits per heavy atom. The Morgan fingerprint density at radius 3 is 3.14 bits per heavy atom. The second-order valence-corrected chi connectivity index (χ2v) is 6.34. The Hall–Kier alpha value is -1.73. The Labute approximate surface area is 125 Å². The summed E-state index contributed by atoms with van der Waals surface area (Å²) in [5, 5.41) is 12.0. The molecule has 3 rings (SSSR count). The predicted molar refractivity (Wildman–Crippen MR) is 80.2 cm³/mol. The maximum Gasteiger partial charge on any atom is 0.262 e. The van der Waals surface area contributed by atoms with E-state index in [-0.39, 0.29) is 23.9 Å². The second kappa shape index (κ2) is 5.57. The van der Waals surface area contributed by atoms with E-state index >= 15 is 0 Å². The lowest BCUT2D eigenvalue weighted by Gasteiger charge is -2.18. The van der Waals surface area contributed by atoms with E-state index in [0.29, 0.717) is 23.3 Å². The van der Waals surface area contributed by atoms with Gasteiger partial charge in [0.15, 0.2) is 0 Å². The zero-order valence-corrected chi connectivity index (χ0v) is 12.5. The number of rotatable bonds is 3. The molecule has 3 heterocycles. The van der Waals surface area contributed by atoms with Crippen molar-refractivity contribution in [3.63, 3.8) is 0 Å². The second-order valence-electron chi connectivity index (χ2n) is 5.45. The van der Waals surface area contributed by atoms with Crippen LogP contribution in [0.2, 0.25) is 0 Å². The number of aromatic nitrogens is 2. The summed E-state index contributed by atoms with van der Waals surface area (Å²) in [5.41, 5.74) is -0.180. The molecule has 0 aliphatic carbocycles. The lowest BCUT2D eigenvalue weighted by molar-refractivity contribution is -0.131. The van der Waals surface area contributed by atoms with E-state index in [4.69, 9.17) is 0 Å². The van der Waals surface area contributed by atoms with Crippen LogP contribution in [0, 0.1) is 5.92 Å². The van der Waals surface area contributed by atoms with Crippen molar-refractivity contribution in [3.8, 4) is 0 Å². The van der Waals surface area contributed by atoms with Crippen LogP contribution in [0.1, 0.15) is 13.3 Å². The van der Waals surface area contributed by atoms with Gasteiger partial charge >= 0.3 is 0 Å². The Bertz CT molecular complexity index is 722. The van der Waals surface area contributed by atoms with Crippen molar-refractivity contribution in [1.29, 1.82) is 0 Å². The van der Waals surface area contributed by atoms with Gasteiger partial charge in [0.2, 0.25) is 5.91 Å². The van der Waals surface area contributed by atoms with Crippen LogP contribution in [-0.2, 0) is 11.3 Å². The molecule has 2 unspecified atom stereocenters. The van der Waals surface area contributed by atoms with E-state index in [1.807, 2.05) is 5.38 Å². The molecule has 1 saturated heterocycles. The van der Waals surface area contributed by atoms with Gasteiger partial charge in [-0.05, 0) is 24.8 Å². The number of aliphatic hydroxyl groups excluding tert-OH is 1. The third-order valence-electron chi connectivity index (χ3n) is 4.02. The molecule has 1 fully saturated rings. The summed E-state index contributed by atoms with van der Waals surface area (Å²) in [7, 11) is 0. The minimum atomic E-state index is -0.408. The molecule has 7 heteroatoms. The van der Waals surface area contributed by atoms with Gasteiger partial charge in [-0.15, -0.1) is 11.3 Å². The third kappa shape index (κ3) is 2.71. The summed E-state index contributed by atoms with van der Waals surface area (Å²) in [5.74, 6) is 0.0276. The summed E-state index contributed by atoms with van der Waals surface area (Å²) < 4.78 is 1.35. The molecule has 2 aromatic heterocycles. The minimum absolute atomic E-state index is 0.00412. The highest BCUT2D eigenvalue weighted by molar-refractivity contribution is 7.16. The van der Waals surface area contributed by atoms with E-state index < -0.39 is 6.10 Å². The van der Waals surface area contributed by atoms with Crippen LogP contribution < -0.4 is 5.56 Å². The van der Waals surface area contributed by atoms with Crippen LogP contribution in [0.25, 0.3) is 10.2 Å². The van der Waals surface area contributed by atoms with E-state index in [1.54, 1.807) is 17.9 Å². The summed E-state index contributed by atoms with van der Waals surface area (Å²) >= 11 is 1.41. The summed E-state index contributed by atoms with van der Waals surface area (Å²) in [6, 6.07) is 1.73. The number of hydrogen-bond acceptors (Lipinski definition) is 5. The molecule has 0 aromatic carbocycles. The lowest BCUT2D eigenvalue weighted by atomic mass is 10.0. The smallest absolute Gasteiger partial charge is 0.262 e. The number of hydrogen-bond donors (Lipinski definition) is 1. The van der Waals surface area contributed by atoms with Gasteiger partial charge in [0.1, 0.15) is 11.4 Å². The molecule has 0 saturated carbocycles. The fourth-order valence-corrected chi connectivity index (χ4v) is 3.38. The van der Waals surface area contributed by atoms with Gasteiger partial charge in [0.25, 0.3) is 5.56 Å². The number of amides is 1. The van der Waals surface area contributed by atoms with Crippen LogP contribution in [0.4, 0.5) is 0 Å². The molecule has 2 aromatic rings. The number of fused-ring (bicyclic) bond motifs is 1. The average Bonchev–Trinajstić information content (AvgIpc) is 3.10. The highest BCUT2D eigenvalue weighted by atomic mass is 32.1. The van der Waals surface area contributed by atoms with Crippen molar-refractivity contribution in [2.45, 2.75) is 26.0 Å². The van der Waals surface area contributed by atoms with E-state index in [0.717, 1.165) is 6.42 Å². The van der Waals surface area contributed by atoms with Gasteiger partial charge in [0.05, 0.1) is 17.8 Å². The van der Waals surface area contributed by atoms with Gasteiger partial charge in [0, 0.05) is 19.0 Å². The monoisotopic (exact) mass is 307 g/mol. The van der Waals surface area contributed by atoms with Crippen molar-refractivity contribution in [1.82, 2.24) is 14.5 Å². The van der Waals surface area contributed by atoms with Crippen molar-refractivity contribution in [3.05, 3.63) is 28.1 Å². The molecule has 6 nitrogen and oxygen atoms in total. The first-order valence-corrected chi connectivity index (χ1v) is 7.82. The first kappa shape index (κ1) is 14.2. The third-order valence-corrected chi connectivity index (χ3v) is 4.84. The van der Waals surface area contributed by atoms with Crippen molar-refractivity contribution >= 4 is 27.5 Å². The molecular formula is C14H17N3O3S. The Kier molecular flexibility index (Phi) is 3.77. The molecular weight excluding hydrogens is 290 g/mol. The Morgan fingerprint density at radius 2 is 2.43 bits per heavy atom. The standard InChI is InChI=1S/C14H17N3O3S/c1-9(18)10-2-4-16(6-10)12(19)7-17-8-15-13-11(14(17)20)3-5-21-13/h3,5,8-10,18H,2,4,6-7H2,1H3. The van der Waals surface area contributed by atoms with Gasteiger partial charge in [-0.2, -0.15) is 0 Å². The maximum atomic E-state index is 12.3. The van der Waals surface area contributed by atoms with Gasteiger partial charge in [-0.25, -0.2) is 4.98 Å². The van der Waals surface area contributed by atoms with E-state index in [2.05, 4.69) is 4.98 Å². The molecule has 21 heavy (non-hydrogen) atoms. The maximum absolute atomic E-state index is 12.3. The largest absolute Gasteiger partial charge is 0.393 e. The number of thiophene rings is 1. The predicted octanol–water partition coefficient (Wildman–Crippen LogP) is 0.687. The van der Waals surface area contributed by atoms with Crippen LogP contribution in [0.5, 0.6) is 0 Å². The van der Waals surface area contributed by atoms with Crippen LogP contribution >= 0.6 is 11.3 Å². The van der Waals surface area contributed by atoms with Crippen molar-refractivity contribution in [2.24, 2.45) is 5.92 Å². The molecule has 1 N–H and O–H groups in total. The highest BCUT2D eigenvalue weighted by Gasteiger charge is 2.29. The van der Waals surface area contributed by atoms with Gasteiger partial charge < -0.3 is 10.0 Å². The van der Waals surface area contributed by atoms with E-state index in [9.17, 15) is 14.7 Å². The molecule has 0 bridgehead atoms. The topological polar surface area (TPSA) is 75.4 Å². The molecule has 1 amide bonds. The molecule has 0 spiro atoms. The quantitative estimate of drug-likeness (QED) is 0.905. The van der Waals surface area contributed by atoms with Crippen molar-refractivity contribution in [2.75, 3.05) is 13.1 Å². The fraction of sp³-hybridized carbons (Fsp3) is 0.500. The van der Waals surface area contributed by atoms with Crippen molar-refractivity contribution < 1.29 is 9.90 Å². The first-order chi connectivity index (χ1) is 10.1. The first-order valence-electron chi connectivity index (χ1n) is 6.94. The van der Waals surface area contributed by atoms with Crippen LogP contribution in [0.3, 0.4) is 0 Å². The lowest BCUT2D eigenvalue weighted by Crippen LogP contribution is -2.35. The highest BCUT2D eigenvalue weighted by Crippen LogP contribution is 2.20. The zero-order valence-electron chi connectivity index (χ0n) is 11.7. The number of carbonyl (C=O) groups excluding carboxylic acids is 1. The fourth-order valence-electron chi connectivity index (χ4n) is 2.66. The summed E-state index contributed by atoms with van der Waals surface area (Å²) in [4.78, 5) is 31.1. The number of carbonyl (C=O) groups is 1. The minimum Gasteiger partial charge on any atom is -0.393 e. The molecule has 1 aliphatic heterocycles. The molecule has 1 aliphatic rings. The number of likely N-dealkylation sites (tertiary alicyclic amines) is 1. The molecule has 0 radical (unpaired) electrons. The molecule has 2 atom stereocenters. The molecule has 112 valence electrons. The summed E-state index contributed by atoms with van der Waals surface area (Å²) in [6.45, 7) is 2.94. The SMILES string of the molecule is CC(O)C1CCN(C(=O)Cn2cnc3sccc3c2=O)C1. The average molecular weight is 307 g/mol. The normalized spacial score (nSPS) is 20.1. The summed E-state index contributed by atoms with van der Waals surface area (Å²) in [6.07, 6.45) is 1.83. The van der Waals surface area contributed by atoms with Gasteiger partial charge in [-0.3, -0.25) is 14.2 Å².